The molecule has 1 aliphatic heterocycles. The lowest BCUT2D eigenvalue weighted by Gasteiger charge is -2.31. The Hall–Kier alpha value is -2.95. The van der Waals surface area contributed by atoms with Crippen molar-refractivity contribution in [1.29, 1.82) is 0 Å². The molecule has 188 valence electrons. The Kier molecular flexibility index (Phi) is 5.65. The third kappa shape index (κ3) is 4.91. The average molecular weight is 505 g/mol. The number of halogens is 1. The van der Waals surface area contributed by atoms with E-state index in [9.17, 15) is 17.6 Å². The maximum atomic E-state index is 14.5. The van der Waals surface area contributed by atoms with Gasteiger partial charge in [-0.1, -0.05) is 0 Å². The van der Waals surface area contributed by atoms with Crippen LogP contribution in [0.25, 0.3) is 0 Å². The molecule has 0 bridgehead atoms. The molecule has 2 heterocycles. The highest BCUT2D eigenvalue weighted by molar-refractivity contribution is 7.90. The normalized spacial score (nSPS) is 24.3. The maximum Gasteiger partial charge on any atom is 0.410 e. The van der Waals surface area contributed by atoms with Gasteiger partial charge in [0, 0.05) is 24.8 Å². The van der Waals surface area contributed by atoms with Crippen LogP contribution in [0.2, 0.25) is 0 Å². The summed E-state index contributed by atoms with van der Waals surface area (Å²) in [5.41, 5.74) is 0.475. The monoisotopic (exact) mass is 504 g/mol. The molecule has 5 rings (SSSR count). The number of benzene rings is 1. The van der Waals surface area contributed by atoms with E-state index >= 15 is 0 Å². The second kappa shape index (κ2) is 8.32. The fourth-order valence-electron chi connectivity index (χ4n) is 4.55. The Bertz CT molecular complexity index is 1280. The number of ether oxygens (including phenoxy) is 2. The van der Waals surface area contributed by atoms with Crippen LogP contribution in [0.1, 0.15) is 38.2 Å². The third-order valence-electron chi connectivity index (χ3n) is 7.38. The Morgan fingerprint density at radius 1 is 1.29 bits per heavy atom. The molecule has 1 saturated heterocycles. The number of carbonyl (C=O) groups excluding carboxylic acids is 1. The first-order chi connectivity index (χ1) is 16.5. The number of amides is 1. The highest BCUT2D eigenvalue weighted by atomic mass is 32.2. The van der Waals surface area contributed by atoms with Crippen LogP contribution in [0.15, 0.2) is 29.4 Å². The van der Waals surface area contributed by atoms with Crippen LogP contribution in [-0.2, 0) is 14.6 Å². The van der Waals surface area contributed by atoms with Gasteiger partial charge in [-0.2, -0.15) is 0 Å². The molecule has 1 amide bonds. The molecule has 2 atom stereocenters. The Balaban J connectivity index is 1.20. The maximum absolute atomic E-state index is 14.5. The van der Waals surface area contributed by atoms with Gasteiger partial charge >= 0.3 is 6.09 Å². The summed E-state index contributed by atoms with van der Waals surface area (Å²) in [6.45, 7) is 5.55. The van der Waals surface area contributed by atoms with Gasteiger partial charge < -0.3 is 19.7 Å². The van der Waals surface area contributed by atoms with Crippen molar-refractivity contribution in [2.24, 2.45) is 11.3 Å². The summed E-state index contributed by atoms with van der Waals surface area (Å²) in [7, 11) is -3.51. The summed E-state index contributed by atoms with van der Waals surface area (Å²) in [6, 6.07) is 3.68. The fraction of sp³-hybridized carbons (Fsp3) is 0.542. The van der Waals surface area contributed by atoms with Crippen LogP contribution in [0, 0.1) is 24.1 Å². The molecule has 2 saturated carbocycles. The molecule has 3 fully saturated rings. The first kappa shape index (κ1) is 23.8. The van der Waals surface area contributed by atoms with E-state index < -0.39 is 15.7 Å². The zero-order valence-corrected chi connectivity index (χ0v) is 20.8. The number of anilines is 2. The minimum Gasteiger partial charge on any atom is -0.477 e. The molecule has 2 aromatic rings. The van der Waals surface area contributed by atoms with E-state index in [0.717, 1.165) is 38.0 Å². The second-order valence-corrected chi connectivity index (χ2v) is 12.3. The largest absolute Gasteiger partial charge is 0.477 e. The van der Waals surface area contributed by atoms with Gasteiger partial charge in [-0.3, -0.25) is 0 Å². The molecule has 9 nitrogen and oxygen atoms in total. The predicted octanol–water partition coefficient (Wildman–Crippen LogP) is 3.85. The van der Waals surface area contributed by atoms with E-state index in [1.807, 2.05) is 6.92 Å². The number of nitrogens with zero attached hydrogens (tertiary/aromatic N) is 3. The minimum atomic E-state index is -3.51. The summed E-state index contributed by atoms with van der Waals surface area (Å²) in [6.07, 6.45) is 5.85. The van der Waals surface area contributed by atoms with Crippen molar-refractivity contribution < 1.29 is 27.1 Å². The Labute approximate surface area is 204 Å². The summed E-state index contributed by atoms with van der Waals surface area (Å²) < 4.78 is 49.5. The van der Waals surface area contributed by atoms with Crippen molar-refractivity contribution in [2.45, 2.75) is 50.0 Å². The van der Waals surface area contributed by atoms with Crippen molar-refractivity contribution in [1.82, 2.24) is 14.9 Å². The summed E-state index contributed by atoms with van der Waals surface area (Å²) >= 11 is 0. The van der Waals surface area contributed by atoms with Crippen LogP contribution >= 0.6 is 0 Å². The van der Waals surface area contributed by atoms with Gasteiger partial charge in [0.2, 0.25) is 5.88 Å². The Morgan fingerprint density at radius 3 is 2.71 bits per heavy atom. The molecule has 11 heteroatoms. The average Bonchev–Trinajstić information content (AvgIpc) is 3.70. The number of likely N-dealkylation sites (tertiary alicyclic amines) is 1. The molecule has 0 spiro atoms. The van der Waals surface area contributed by atoms with E-state index in [1.54, 1.807) is 11.8 Å². The van der Waals surface area contributed by atoms with Gasteiger partial charge in [-0.05, 0) is 63.6 Å². The number of rotatable bonds is 7. The molecule has 2 aliphatic carbocycles. The fourth-order valence-corrected chi connectivity index (χ4v) is 5.19. The van der Waals surface area contributed by atoms with Crippen LogP contribution in [-0.4, -0.2) is 60.9 Å². The highest BCUT2D eigenvalue weighted by Crippen LogP contribution is 2.58. The van der Waals surface area contributed by atoms with Gasteiger partial charge in [-0.25, -0.2) is 27.6 Å². The van der Waals surface area contributed by atoms with Crippen LogP contribution < -0.4 is 10.1 Å². The Morgan fingerprint density at radius 2 is 2.06 bits per heavy atom. The molecule has 35 heavy (non-hydrogen) atoms. The minimum absolute atomic E-state index is 0.0266. The summed E-state index contributed by atoms with van der Waals surface area (Å²) in [5.74, 6) is 0.447. The topological polar surface area (TPSA) is 111 Å². The zero-order chi connectivity index (χ0) is 25.0. The smallest absolute Gasteiger partial charge is 0.410 e. The van der Waals surface area contributed by atoms with Gasteiger partial charge in [0.15, 0.2) is 9.84 Å². The van der Waals surface area contributed by atoms with Crippen LogP contribution in [0.5, 0.6) is 5.88 Å². The molecule has 2 unspecified atom stereocenters. The molecule has 1 aromatic carbocycles. The van der Waals surface area contributed by atoms with E-state index in [0.29, 0.717) is 42.9 Å². The summed E-state index contributed by atoms with van der Waals surface area (Å²) in [5, 5.41) is 2.90. The number of fused-ring (bicyclic) bond motifs is 1. The standard InChI is InChI=1S/C24H29FN4O5S/c1-15-20(28-19-5-4-17(10-18(19)25)35(3,31)32)26-14-27-21(15)33-13-24-8-9-29(12-16(24)11-24)22(30)34-23(2)6-7-23/h4-5,10,14,16H,6-9,11-13H2,1-3H3,(H,26,27,28). The molecule has 1 N–H and O–H groups in total. The summed E-state index contributed by atoms with van der Waals surface area (Å²) in [4.78, 5) is 22.6. The van der Waals surface area contributed by atoms with Crippen molar-refractivity contribution in [3.63, 3.8) is 0 Å². The first-order valence-electron chi connectivity index (χ1n) is 11.7. The SMILES string of the molecule is Cc1c(Nc2ccc(S(C)(=O)=O)cc2F)ncnc1OCC12CCN(C(=O)OC3(C)CC3)CC1C2. The molecule has 0 radical (unpaired) electrons. The van der Waals surface area contributed by atoms with Gasteiger partial charge in [0.25, 0.3) is 0 Å². The number of carbonyl (C=O) groups is 1. The lowest BCUT2D eigenvalue weighted by molar-refractivity contribution is 0.0439. The van der Waals surface area contributed by atoms with Gasteiger partial charge in [0.05, 0.1) is 22.8 Å². The first-order valence-corrected chi connectivity index (χ1v) is 13.6. The van der Waals surface area contributed by atoms with Crippen molar-refractivity contribution in [3.05, 3.63) is 35.9 Å². The lowest BCUT2D eigenvalue weighted by atomic mass is 9.96. The van der Waals surface area contributed by atoms with E-state index in [4.69, 9.17) is 9.47 Å². The molecular formula is C24H29FN4O5S. The lowest BCUT2D eigenvalue weighted by Crippen LogP contribution is -2.42. The van der Waals surface area contributed by atoms with Crippen molar-refractivity contribution in [2.75, 3.05) is 31.3 Å². The number of piperidine rings is 1. The predicted molar refractivity (Wildman–Crippen MR) is 126 cm³/mol. The zero-order valence-electron chi connectivity index (χ0n) is 20.0. The number of hydrogen-bond acceptors (Lipinski definition) is 8. The molecule has 3 aliphatic rings. The van der Waals surface area contributed by atoms with Gasteiger partial charge in [-0.15, -0.1) is 0 Å². The molecular weight excluding hydrogens is 475 g/mol. The van der Waals surface area contributed by atoms with E-state index in [-0.39, 0.29) is 27.7 Å². The van der Waals surface area contributed by atoms with Crippen molar-refractivity contribution >= 4 is 27.4 Å². The van der Waals surface area contributed by atoms with E-state index in [1.165, 1.54) is 18.5 Å². The third-order valence-corrected chi connectivity index (χ3v) is 8.49. The van der Waals surface area contributed by atoms with Crippen LogP contribution in [0.4, 0.5) is 20.7 Å². The number of nitrogens with one attached hydrogen (secondary N) is 1. The van der Waals surface area contributed by atoms with Crippen molar-refractivity contribution in [3.8, 4) is 5.88 Å². The number of sulfone groups is 1. The number of hydrogen-bond donors (Lipinski definition) is 1. The second-order valence-electron chi connectivity index (χ2n) is 10.3. The van der Waals surface area contributed by atoms with Crippen LogP contribution in [0.3, 0.4) is 0 Å². The number of aromatic nitrogens is 2. The van der Waals surface area contributed by atoms with Gasteiger partial charge in [0.1, 0.15) is 23.6 Å². The molecule has 1 aromatic heterocycles. The van der Waals surface area contributed by atoms with E-state index in [2.05, 4.69) is 15.3 Å². The quantitative estimate of drug-likeness (QED) is 0.605. The highest BCUT2D eigenvalue weighted by Gasteiger charge is 2.58.